The van der Waals surface area contributed by atoms with Crippen LogP contribution in [-0.2, 0) is 11.3 Å². The molecule has 4 aromatic rings. The monoisotopic (exact) mass is 514 g/mol. The van der Waals surface area contributed by atoms with Crippen LogP contribution in [0.3, 0.4) is 0 Å². The molecule has 0 bridgehead atoms. The van der Waals surface area contributed by atoms with Crippen molar-refractivity contribution < 1.29 is 9.32 Å². The molecule has 0 aliphatic carbocycles. The molecule has 1 N–H and O–H groups in total. The molecule has 1 unspecified atom stereocenters. The quantitative estimate of drug-likeness (QED) is 0.321. The zero-order valence-electron chi connectivity index (χ0n) is 21.2. The second-order valence-corrected chi connectivity index (χ2v) is 10.2. The number of benzene rings is 3. The fourth-order valence-electron chi connectivity index (χ4n) is 5.00. The first-order valence-corrected chi connectivity index (χ1v) is 13.1. The maximum absolute atomic E-state index is 13.4. The largest absolute Gasteiger partial charge is 0.345 e. The van der Waals surface area contributed by atoms with Gasteiger partial charge in [0.25, 0.3) is 0 Å². The number of aryl methyl sites for hydroxylation is 2. The van der Waals surface area contributed by atoms with E-state index in [-0.39, 0.29) is 17.9 Å². The zero-order valence-corrected chi connectivity index (χ0v) is 21.9. The number of nitrogens with one attached hydrogen (secondary N) is 1. The van der Waals surface area contributed by atoms with E-state index in [2.05, 4.69) is 64.5 Å². The van der Waals surface area contributed by atoms with Gasteiger partial charge in [-0.15, -0.1) is 0 Å². The number of nitrogens with zero attached hydrogens (tertiary/aromatic N) is 3. The highest BCUT2D eigenvalue weighted by Crippen LogP contribution is 2.28. The lowest BCUT2D eigenvalue weighted by atomic mass is 9.91. The number of carbonyl (C=O) groups excluding carboxylic acids is 1. The number of halogens is 1. The van der Waals surface area contributed by atoms with Crippen LogP contribution in [0.25, 0.3) is 11.4 Å². The van der Waals surface area contributed by atoms with Gasteiger partial charge in [0.1, 0.15) is 0 Å². The van der Waals surface area contributed by atoms with E-state index in [1.165, 1.54) is 11.1 Å². The minimum absolute atomic E-state index is 0.0297. The maximum Gasteiger partial charge on any atom is 0.241 e. The molecule has 1 atom stereocenters. The third-order valence-electron chi connectivity index (χ3n) is 7.02. The lowest BCUT2D eigenvalue weighted by molar-refractivity contribution is -0.127. The second kappa shape index (κ2) is 11.3. The molecule has 1 saturated heterocycles. The Morgan fingerprint density at radius 1 is 1.05 bits per heavy atom. The molecule has 190 valence electrons. The van der Waals surface area contributed by atoms with Crippen molar-refractivity contribution in [2.75, 3.05) is 13.1 Å². The van der Waals surface area contributed by atoms with Crippen LogP contribution in [0.1, 0.15) is 47.0 Å². The van der Waals surface area contributed by atoms with Gasteiger partial charge in [0.2, 0.25) is 17.6 Å². The number of carbonyl (C=O) groups is 1. The molecule has 1 aliphatic rings. The highest BCUT2D eigenvalue weighted by Gasteiger charge is 2.28. The summed E-state index contributed by atoms with van der Waals surface area (Å²) in [5.74, 6) is 1.18. The summed E-state index contributed by atoms with van der Waals surface area (Å²) >= 11 is 6.08. The Kier molecular flexibility index (Phi) is 7.68. The highest BCUT2D eigenvalue weighted by molar-refractivity contribution is 6.30. The van der Waals surface area contributed by atoms with Crippen molar-refractivity contribution >= 4 is 17.5 Å². The number of rotatable bonds is 7. The summed E-state index contributed by atoms with van der Waals surface area (Å²) in [4.78, 5) is 20.2. The Morgan fingerprint density at radius 3 is 2.57 bits per heavy atom. The van der Waals surface area contributed by atoms with Gasteiger partial charge < -0.3 is 9.84 Å². The zero-order chi connectivity index (χ0) is 25.8. The Bertz CT molecular complexity index is 1360. The van der Waals surface area contributed by atoms with Crippen LogP contribution < -0.4 is 5.32 Å². The Balaban J connectivity index is 1.21. The van der Waals surface area contributed by atoms with Gasteiger partial charge in [0.05, 0.1) is 12.6 Å². The van der Waals surface area contributed by atoms with E-state index in [1.807, 2.05) is 42.5 Å². The molecule has 7 heteroatoms. The molecule has 1 aromatic heterocycles. The summed E-state index contributed by atoms with van der Waals surface area (Å²) < 4.78 is 5.48. The van der Waals surface area contributed by atoms with Gasteiger partial charge in [0, 0.05) is 16.5 Å². The van der Waals surface area contributed by atoms with E-state index < -0.39 is 0 Å². The predicted octanol–water partition coefficient (Wildman–Crippen LogP) is 6.12. The number of likely N-dealkylation sites (tertiary alicyclic amines) is 1. The van der Waals surface area contributed by atoms with Gasteiger partial charge in [0.15, 0.2) is 0 Å². The lowest BCUT2D eigenvalue weighted by Gasteiger charge is -2.31. The summed E-state index contributed by atoms with van der Waals surface area (Å²) in [5.41, 5.74) is 5.45. The van der Waals surface area contributed by atoms with Crippen molar-refractivity contribution in [2.24, 2.45) is 5.92 Å². The highest BCUT2D eigenvalue weighted by atomic mass is 35.5. The minimum atomic E-state index is -0.171. The van der Waals surface area contributed by atoms with Crippen LogP contribution in [0.15, 0.2) is 77.3 Å². The second-order valence-electron chi connectivity index (χ2n) is 9.78. The van der Waals surface area contributed by atoms with Crippen molar-refractivity contribution in [2.45, 2.75) is 39.3 Å². The van der Waals surface area contributed by atoms with Crippen molar-refractivity contribution in [1.29, 1.82) is 0 Å². The molecular formula is C30H31ClN4O2. The summed E-state index contributed by atoms with van der Waals surface area (Å²) in [5, 5.41) is 8.10. The van der Waals surface area contributed by atoms with Crippen molar-refractivity contribution in [3.05, 3.63) is 106 Å². The van der Waals surface area contributed by atoms with Crippen LogP contribution in [0.2, 0.25) is 5.02 Å². The fourth-order valence-corrected chi connectivity index (χ4v) is 5.19. The first-order chi connectivity index (χ1) is 18.0. The van der Waals surface area contributed by atoms with E-state index >= 15 is 0 Å². The third kappa shape index (κ3) is 6.09. The van der Waals surface area contributed by atoms with Crippen molar-refractivity contribution in [1.82, 2.24) is 20.4 Å². The average molecular weight is 515 g/mol. The van der Waals surface area contributed by atoms with Gasteiger partial charge >= 0.3 is 0 Å². The average Bonchev–Trinajstić information content (AvgIpc) is 3.37. The van der Waals surface area contributed by atoms with E-state index in [0.717, 1.165) is 42.6 Å². The number of piperidine rings is 1. The molecule has 5 rings (SSSR count). The number of hydrogen-bond donors (Lipinski definition) is 1. The van der Waals surface area contributed by atoms with Crippen LogP contribution in [0.5, 0.6) is 0 Å². The smallest absolute Gasteiger partial charge is 0.241 e. The molecule has 2 heterocycles. The standard InChI is InChI=1S/C30H31ClN4O2/c1-20-11-12-26(21(2)17-20)28(22-7-4-3-5-8-22)33-30(36)23-13-15-35(16-14-23)19-27-32-29(34-37-27)24-9-6-10-25(31)18-24/h3-12,17-18,23,28H,13-16,19H2,1-2H3,(H,33,36). The van der Waals surface area contributed by atoms with Crippen LogP contribution >= 0.6 is 11.6 Å². The first-order valence-electron chi connectivity index (χ1n) is 12.7. The molecule has 0 radical (unpaired) electrons. The Labute approximate surface area is 222 Å². The summed E-state index contributed by atoms with van der Waals surface area (Å²) in [6, 6.07) is 23.9. The number of hydrogen-bond acceptors (Lipinski definition) is 5. The SMILES string of the molecule is Cc1ccc(C(NC(=O)C2CCN(Cc3nc(-c4cccc(Cl)c4)no3)CC2)c2ccccc2)c(C)c1. The van der Waals surface area contributed by atoms with Gasteiger partial charge in [-0.25, -0.2) is 0 Å². The maximum atomic E-state index is 13.4. The first kappa shape index (κ1) is 25.2. The van der Waals surface area contributed by atoms with E-state index in [0.29, 0.717) is 23.3 Å². The molecule has 6 nitrogen and oxygen atoms in total. The predicted molar refractivity (Wildman–Crippen MR) is 145 cm³/mol. The van der Waals surface area contributed by atoms with E-state index in [9.17, 15) is 4.79 Å². The molecule has 1 amide bonds. The van der Waals surface area contributed by atoms with Crippen LogP contribution in [0, 0.1) is 19.8 Å². The molecule has 0 spiro atoms. The van der Waals surface area contributed by atoms with E-state index in [1.54, 1.807) is 0 Å². The van der Waals surface area contributed by atoms with Crippen LogP contribution in [0.4, 0.5) is 0 Å². The molecular weight excluding hydrogens is 484 g/mol. The molecule has 3 aromatic carbocycles. The Morgan fingerprint density at radius 2 is 1.84 bits per heavy atom. The molecule has 0 saturated carbocycles. The van der Waals surface area contributed by atoms with Crippen LogP contribution in [-0.4, -0.2) is 34.0 Å². The van der Waals surface area contributed by atoms with Crippen molar-refractivity contribution in [3.63, 3.8) is 0 Å². The van der Waals surface area contributed by atoms with Gasteiger partial charge in [-0.2, -0.15) is 4.98 Å². The number of aromatic nitrogens is 2. The number of amides is 1. The van der Waals surface area contributed by atoms with Gasteiger partial charge in [-0.3, -0.25) is 9.69 Å². The minimum Gasteiger partial charge on any atom is -0.345 e. The molecule has 1 fully saturated rings. The molecule has 37 heavy (non-hydrogen) atoms. The molecule has 1 aliphatic heterocycles. The summed E-state index contributed by atoms with van der Waals surface area (Å²) in [6.45, 7) is 6.36. The fraction of sp³-hybridized carbons (Fsp3) is 0.300. The van der Waals surface area contributed by atoms with E-state index in [4.69, 9.17) is 16.1 Å². The summed E-state index contributed by atoms with van der Waals surface area (Å²) in [7, 11) is 0. The summed E-state index contributed by atoms with van der Waals surface area (Å²) in [6.07, 6.45) is 1.57. The topological polar surface area (TPSA) is 71.3 Å². The van der Waals surface area contributed by atoms with Gasteiger partial charge in [-0.05, 0) is 68.6 Å². The van der Waals surface area contributed by atoms with Crippen molar-refractivity contribution in [3.8, 4) is 11.4 Å². The normalized spacial score (nSPS) is 15.4. The van der Waals surface area contributed by atoms with Gasteiger partial charge in [-0.1, -0.05) is 83.0 Å². The lowest BCUT2D eigenvalue weighted by Crippen LogP contribution is -2.41. The Hall–Kier alpha value is -3.48. The third-order valence-corrected chi connectivity index (χ3v) is 7.26.